The Kier molecular flexibility index (Phi) is 4.17. The van der Waals surface area contributed by atoms with E-state index in [2.05, 4.69) is 13.8 Å². The van der Waals surface area contributed by atoms with Gasteiger partial charge in [0.2, 0.25) is 0 Å². The summed E-state index contributed by atoms with van der Waals surface area (Å²) in [4.78, 5) is 13.3. The average molecular weight is 249 g/mol. The topological polar surface area (TPSA) is 40.5 Å². The lowest BCUT2D eigenvalue weighted by molar-refractivity contribution is -0.0558. The van der Waals surface area contributed by atoms with E-state index in [1.165, 1.54) is 4.90 Å². The van der Waals surface area contributed by atoms with Crippen LogP contribution in [-0.2, 0) is 5.72 Å². The Morgan fingerprint density at radius 3 is 2.33 bits per heavy atom. The third-order valence-electron chi connectivity index (χ3n) is 3.41. The van der Waals surface area contributed by atoms with Gasteiger partial charge in [-0.25, -0.2) is 0 Å². The molecule has 18 heavy (non-hydrogen) atoms. The van der Waals surface area contributed by atoms with E-state index < -0.39 is 5.72 Å². The molecule has 1 aromatic rings. The maximum Gasteiger partial charge on any atom is 0.256 e. The molecule has 1 aliphatic rings. The van der Waals surface area contributed by atoms with Crippen LogP contribution in [0.1, 0.15) is 62.0 Å². The van der Waals surface area contributed by atoms with E-state index in [0.29, 0.717) is 17.0 Å². The van der Waals surface area contributed by atoms with Crippen molar-refractivity contribution in [2.75, 3.05) is 7.05 Å². The van der Waals surface area contributed by atoms with Crippen molar-refractivity contribution >= 4 is 5.91 Å². The van der Waals surface area contributed by atoms with Crippen LogP contribution in [0.4, 0.5) is 0 Å². The molecular weight excluding hydrogens is 226 g/mol. The van der Waals surface area contributed by atoms with E-state index in [9.17, 15) is 9.90 Å². The van der Waals surface area contributed by atoms with Gasteiger partial charge in [-0.15, -0.1) is 0 Å². The van der Waals surface area contributed by atoms with Gasteiger partial charge in [-0.1, -0.05) is 39.8 Å². The van der Waals surface area contributed by atoms with E-state index >= 15 is 0 Å². The van der Waals surface area contributed by atoms with Crippen LogP contribution in [0.2, 0.25) is 0 Å². The normalized spacial score (nSPS) is 21.8. The van der Waals surface area contributed by atoms with Crippen LogP contribution in [0.15, 0.2) is 18.2 Å². The Hall–Kier alpha value is -1.35. The fourth-order valence-electron chi connectivity index (χ4n) is 2.07. The minimum Gasteiger partial charge on any atom is -0.367 e. The quantitative estimate of drug-likeness (QED) is 0.831. The van der Waals surface area contributed by atoms with Crippen LogP contribution in [0.5, 0.6) is 0 Å². The molecule has 0 aromatic heterocycles. The zero-order chi connectivity index (χ0) is 14.1. The summed E-state index contributed by atoms with van der Waals surface area (Å²) in [6.07, 6.45) is 0. The van der Waals surface area contributed by atoms with Crippen LogP contribution in [-0.4, -0.2) is 23.0 Å². The molecule has 1 heterocycles. The molecule has 0 saturated carbocycles. The van der Waals surface area contributed by atoms with Gasteiger partial charge in [0.25, 0.3) is 5.91 Å². The molecular formula is C15H23NO2. The van der Waals surface area contributed by atoms with Crippen LogP contribution in [0.3, 0.4) is 0 Å². The first-order valence-corrected chi connectivity index (χ1v) is 6.50. The third-order valence-corrected chi connectivity index (χ3v) is 3.41. The van der Waals surface area contributed by atoms with E-state index in [1.807, 2.05) is 32.0 Å². The van der Waals surface area contributed by atoms with Crippen molar-refractivity contribution in [3.8, 4) is 0 Å². The fourth-order valence-corrected chi connectivity index (χ4v) is 2.07. The second kappa shape index (κ2) is 5.11. The molecule has 1 aromatic carbocycles. The number of carbonyl (C=O) groups is 1. The number of benzene rings is 1. The lowest BCUT2D eigenvalue weighted by atomic mass is 9.95. The fraction of sp³-hybridized carbons (Fsp3) is 0.533. The molecule has 0 aliphatic carbocycles. The van der Waals surface area contributed by atoms with Gasteiger partial charge in [0.1, 0.15) is 0 Å². The van der Waals surface area contributed by atoms with E-state index in [4.69, 9.17) is 0 Å². The van der Waals surface area contributed by atoms with Crippen molar-refractivity contribution in [1.82, 2.24) is 4.90 Å². The average Bonchev–Trinajstić information content (AvgIpc) is 2.53. The Morgan fingerprint density at radius 1 is 1.28 bits per heavy atom. The predicted molar refractivity (Wildman–Crippen MR) is 73.5 cm³/mol. The zero-order valence-electron chi connectivity index (χ0n) is 12.1. The number of nitrogens with zero attached hydrogens (tertiary/aromatic N) is 1. The Balaban J connectivity index is 0.000000771. The summed E-state index contributed by atoms with van der Waals surface area (Å²) in [5.41, 5.74) is 1.27. The van der Waals surface area contributed by atoms with Gasteiger partial charge in [-0.2, -0.15) is 0 Å². The van der Waals surface area contributed by atoms with E-state index in [0.717, 1.165) is 5.56 Å². The monoisotopic (exact) mass is 249 g/mol. The molecule has 1 aliphatic heterocycles. The van der Waals surface area contributed by atoms with Gasteiger partial charge in [-0.05, 0) is 24.5 Å². The molecule has 3 heteroatoms. The summed E-state index contributed by atoms with van der Waals surface area (Å²) in [6, 6.07) is 5.72. The maximum absolute atomic E-state index is 12.0. The number of hydrogen-bond acceptors (Lipinski definition) is 2. The van der Waals surface area contributed by atoms with Crippen molar-refractivity contribution in [3.05, 3.63) is 34.9 Å². The summed E-state index contributed by atoms with van der Waals surface area (Å²) in [5, 5.41) is 10.2. The Labute approximate surface area is 109 Å². The van der Waals surface area contributed by atoms with Gasteiger partial charge in [0.15, 0.2) is 5.72 Å². The van der Waals surface area contributed by atoms with Crippen molar-refractivity contribution in [3.63, 3.8) is 0 Å². The first kappa shape index (κ1) is 14.7. The molecule has 3 nitrogen and oxygen atoms in total. The number of rotatable bonds is 1. The lowest BCUT2D eigenvalue weighted by Crippen LogP contribution is -2.37. The first-order valence-electron chi connectivity index (χ1n) is 6.50. The molecule has 2 rings (SSSR count). The Morgan fingerprint density at radius 2 is 1.83 bits per heavy atom. The zero-order valence-corrected chi connectivity index (χ0v) is 12.1. The van der Waals surface area contributed by atoms with Crippen molar-refractivity contribution in [1.29, 1.82) is 0 Å². The summed E-state index contributed by atoms with van der Waals surface area (Å²) in [7, 11) is 1.62. The van der Waals surface area contributed by atoms with Crippen molar-refractivity contribution in [2.24, 2.45) is 0 Å². The number of fused-ring (bicyclic) bond motifs is 1. The molecule has 0 spiro atoms. The molecule has 1 N–H and O–H groups in total. The summed E-state index contributed by atoms with van der Waals surface area (Å²) < 4.78 is 0. The second-order valence-corrected chi connectivity index (χ2v) is 4.84. The Bertz CT molecular complexity index is 450. The summed E-state index contributed by atoms with van der Waals surface area (Å²) in [6.45, 7) is 9.82. The number of amides is 1. The van der Waals surface area contributed by atoms with E-state index in [-0.39, 0.29) is 5.91 Å². The SMILES string of the molecule is CC.CC(C)c1ccc2c(c1)C(=O)N(C)C2(C)O. The standard InChI is InChI=1S/C13H17NO2.C2H6/c1-8(2)9-5-6-11-10(7-9)12(15)14(4)13(11,3)16;1-2/h5-8,16H,1-4H3;1-2H3. The number of carbonyl (C=O) groups excluding carboxylic acids is 1. The van der Waals surface area contributed by atoms with Gasteiger partial charge >= 0.3 is 0 Å². The molecule has 0 radical (unpaired) electrons. The minimum absolute atomic E-state index is 0.109. The van der Waals surface area contributed by atoms with E-state index in [1.54, 1.807) is 14.0 Å². The largest absolute Gasteiger partial charge is 0.367 e. The molecule has 0 fully saturated rings. The minimum atomic E-state index is -1.18. The third kappa shape index (κ3) is 2.15. The maximum atomic E-state index is 12.0. The highest BCUT2D eigenvalue weighted by atomic mass is 16.3. The van der Waals surface area contributed by atoms with Gasteiger partial charge in [-0.3, -0.25) is 4.79 Å². The highest BCUT2D eigenvalue weighted by molar-refractivity contribution is 5.99. The predicted octanol–water partition coefficient (Wildman–Crippen LogP) is 3.09. The number of hydrogen-bond donors (Lipinski definition) is 1. The second-order valence-electron chi connectivity index (χ2n) is 4.84. The van der Waals surface area contributed by atoms with Crippen molar-refractivity contribution < 1.29 is 9.90 Å². The van der Waals surface area contributed by atoms with Crippen LogP contribution in [0, 0.1) is 0 Å². The smallest absolute Gasteiger partial charge is 0.256 e. The molecule has 0 bridgehead atoms. The highest BCUT2D eigenvalue weighted by Crippen LogP contribution is 2.36. The van der Waals surface area contributed by atoms with Gasteiger partial charge in [0, 0.05) is 18.2 Å². The van der Waals surface area contributed by atoms with Crippen LogP contribution >= 0.6 is 0 Å². The molecule has 1 atom stereocenters. The number of aliphatic hydroxyl groups is 1. The van der Waals surface area contributed by atoms with Gasteiger partial charge < -0.3 is 10.0 Å². The van der Waals surface area contributed by atoms with Crippen LogP contribution < -0.4 is 0 Å². The molecule has 1 unspecified atom stereocenters. The molecule has 0 saturated heterocycles. The first-order chi connectivity index (χ1) is 8.35. The van der Waals surface area contributed by atoms with Gasteiger partial charge in [0.05, 0.1) is 0 Å². The van der Waals surface area contributed by atoms with Crippen LogP contribution in [0.25, 0.3) is 0 Å². The summed E-state index contributed by atoms with van der Waals surface area (Å²) in [5.74, 6) is 0.274. The molecule has 100 valence electrons. The summed E-state index contributed by atoms with van der Waals surface area (Å²) >= 11 is 0. The lowest BCUT2D eigenvalue weighted by Gasteiger charge is -2.26. The van der Waals surface area contributed by atoms with Crippen molar-refractivity contribution in [2.45, 2.75) is 46.3 Å². The highest BCUT2D eigenvalue weighted by Gasteiger charge is 2.42. The molecule has 1 amide bonds.